The molecule has 2 aromatic heterocycles. The van der Waals surface area contributed by atoms with Crippen LogP contribution in [-0.4, -0.2) is 28.0 Å². The summed E-state index contributed by atoms with van der Waals surface area (Å²) in [5.74, 6) is 0.769. The number of aromatic amines is 1. The minimum absolute atomic E-state index is 0.266. The van der Waals surface area contributed by atoms with E-state index >= 15 is 0 Å². The molecule has 0 saturated carbocycles. The van der Waals surface area contributed by atoms with E-state index < -0.39 is 0 Å². The van der Waals surface area contributed by atoms with Gasteiger partial charge in [-0.1, -0.05) is 48.5 Å². The lowest BCUT2D eigenvalue weighted by Gasteiger charge is -2.38. The normalized spacial score (nSPS) is 16.7. The smallest absolute Gasteiger partial charge is 0.0626 e. The zero-order valence-electron chi connectivity index (χ0n) is 17.6. The summed E-state index contributed by atoms with van der Waals surface area (Å²) < 4.78 is 0. The molecule has 0 spiro atoms. The first kappa shape index (κ1) is 19.1. The van der Waals surface area contributed by atoms with Gasteiger partial charge >= 0.3 is 0 Å². The molecule has 152 valence electrons. The van der Waals surface area contributed by atoms with Gasteiger partial charge in [0.1, 0.15) is 0 Å². The van der Waals surface area contributed by atoms with Crippen molar-refractivity contribution in [1.29, 1.82) is 0 Å². The fraction of sp³-hybridized carbons (Fsp3) is 0.296. The minimum atomic E-state index is 0.266. The number of aryl methyl sites for hydroxylation is 1. The van der Waals surface area contributed by atoms with Crippen LogP contribution in [0.3, 0.4) is 0 Å². The summed E-state index contributed by atoms with van der Waals surface area (Å²) in [6.45, 7) is 4.47. The van der Waals surface area contributed by atoms with Crippen molar-refractivity contribution in [2.75, 3.05) is 13.1 Å². The third-order valence-corrected chi connectivity index (χ3v) is 6.62. The van der Waals surface area contributed by atoms with Crippen LogP contribution in [0.15, 0.2) is 79.1 Å². The molecule has 0 radical (unpaired) electrons. The van der Waals surface area contributed by atoms with Crippen LogP contribution in [0.5, 0.6) is 0 Å². The van der Waals surface area contributed by atoms with Crippen molar-refractivity contribution in [3.63, 3.8) is 0 Å². The molecule has 0 amide bonds. The first-order valence-electron chi connectivity index (χ1n) is 11.0. The van der Waals surface area contributed by atoms with Crippen molar-refractivity contribution in [3.8, 4) is 0 Å². The SMILES string of the molecule is Cc1[nH]c2ccccc2c1C(c1ccncc1)N1CCC(Cc2ccccc2)CC1. The zero-order chi connectivity index (χ0) is 20.3. The lowest BCUT2D eigenvalue weighted by atomic mass is 9.87. The second kappa shape index (κ2) is 8.45. The van der Waals surface area contributed by atoms with Crippen molar-refractivity contribution in [1.82, 2.24) is 14.9 Å². The Morgan fingerprint density at radius 2 is 1.63 bits per heavy atom. The molecule has 3 heteroatoms. The summed E-state index contributed by atoms with van der Waals surface area (Å²) in [6.07, 6.45) is 7.54. The highest BCUT2D eigenvalue weighted by Gasteiger charge is 2.30. The number of likely N-dealkylation sites (tertiary alicyclic amines) is 1. The molecule has 3 heterocycles. The van der Waals surface area contributed by atoms with Gasteiger partial charge in [0.25, 0.3) is 0 Å². The van der Waals surface area contributed by atoms with Gasteiger partial charge in [-0.05, 0) is 74.5 Å². The number of aromatic nitrogens is 2. The van der Waals surface area contributed by atoms with Gasteiger partial charge in [-0.2, -0.15) is 0 Å². The summed E-state index contributed by atoms with van der Waals surface area (Å²) in [6, 6.07) is 24.3. The van der Waals surface area contributed by atoms with Gasteiger partial charge in [-0.3, -0.25) is 9.88 Å². The average molecular weight is 396 g/mol. The molecule has 3 nitrogen and oxygen atoms in total. The van der Waals surface area contributed by atoms with Crippen LogP contribution in [0, 0.1) is 12.8 Å². The van der Waals surface area contributed by atoms with Crippen LogP contribution in [-0.2, 0) is 6.42 Å². The van der Waals surface area contributed by atoms with E-state index in [2.05, 4.69) is 88.5 Å². The molecule has 1 N–H and O–H groups in total. The number of pyridine rings is 1. The Morgan fingerprint density at radius 1 is 0.933 bits per heavy atom. The van der Waals surface area contributed by atoms with E-state index in [1.54, 1.807) is 0 Å². The number of para-hydroxylation sites is 1. The van der Waals surface area contributed by atoms with Gasteiger partial charge in [0.15, 0.2) is 0 Å². The number of nitrogens with one attached hydrogen (secondary N) is 1. The van der Waals surface area contributed by atoms with Crippen molar-refractivity contribution in [2.45, 2.75) is 32.2 Å². The summed E-state index contributed by atoms with van der Waals surface area (Å²) in [5, 5.41) is 1.34. The van der Waals surface area contributed by atoms with E-state index in [0.29, 0.717) is 0 Å². The fourth-order valence-corrected chi connectivity index (χ4v) is 5.12. The molecule has 1 saturated heterocycles. The number of hydrogen-bond acceptors (Lipinski definition) is 2. The number of fused-ring (bicyclic) bond motifs is 1. The van der Waals surface area contributed by atoms with Crippen LogP contribution in [0.1, 0.15) is 41.3 Å². The minimum Gasteiger partial charge on any atom is -0.358 e. The van der Waals surface area contributed by atoms with Gasteiger partial charge in [0.2, 0.25) is 0 Å². The molecular weight excluding hydrogens is 366 g/mol. The predicted octanol–water partition coefficient (Wildman–Crippen LogP) is 5.92. The molecule has 30 heavy (non-hydrogen) atoms. The van der Waals surface area contributed by atoms with Gasteiger partial charge in [-0.15, -0.1) is 0 Å². The topological polar surface area (TPSA) is 31.9 Å². The third-order valence-electron chi connectivity index (χ3n) is 6.62. The molecule has 4 aromatic rings. The fourth-order valence-electron chi connectivity index (χ4n) is 5.12. The van der Waals surface area contributed by atoms with Crippen LogP contribution < -0.4 is 0 Å². The largest absolute Gasteiger partial charge is 0.358 e. The lowest BCUT2D eigenvalue weighted by Crippen LogP contribution is -2.38. The number of benzene rings is 2. The Labute approximate surface area is 178 Å². The molecule has 1 atom stereocenters. The van der Waals surface area contributed by atoms with E-state index in [4.69, 9.17) is 0 Å². The molecule has 0 bridgehead atoms. The maximum absolute atomic E-state index is 4.27. The van der Waals surface area contributed by atoms with Crippen LogP contribution in [0.25, 0.3) is 10.9 Å². The first-order valence-corrected chi connectivity index (χ1v) is 11.0. The van der Waals surface area contributed by atoms with Crippen molar-refractivity contribution < 1.29 is 0 Å². The number of H-pyrrole nitrogens is 1. The molecule has 1 aliphatic heterocycles. The van der Waals surface area contributed by atoms with E-state index in [1.165, 1.54) is 52.5 Å². The Bertz CT molecular complexity index is 1090. The van der Waals surface area contributed by atoms with Crippen molar-refractivity contribution >= 4 is 10.9 Å². The Morgan fingerprint density at radius 3 is 2.40 bits per heavy atom. The average Bonchev–Trinajstić information content (AvgIpc) is 3.12. The number of rotatable bonds is 5. The molecule has 2 aromatic carbocycles. The predicted molar refractivity (Wildman–Crippen MR) is 124 cm³/mol. The highest BCUT2D eigenvalue weighted by atomic mass is 15.2. The maximum Gasteiger partial charge on any atom is 0.0626 e. The maximum atomic E-state index is 4.27. The van der Waals surface area contributed by atoms with Crippen molar-refractivity contribution in [2.24, 2.45) is 5.92 Å². The van der Waals surface area contributed by atoms with Gasteiger partial charge < -0.3 is 4.98 Å². The third kappa shape index (κ3) is 3.78. The zero-order valence-corrected chi connectivity index (χ0v) is 17.6. The second-order valence-electron chi connectivity index (χ2n) is 8.56. The van der Waals surface area contributed by atoms with E-state index in [-0.39, 0.29) is 6.04 Å². The van der Waals surface area contributed by atoms with Gasteiger partial charge in [0.05, 0.1) is 6.04 Å². The van der Waals surface area contributed by atoms with E-state index in [1.807, 2.05) is 12.4 Å². The molecular formula is C27H29N3. The summed E-state index contributed by atoms with van der Waals surface area (Å²) in [5.41, 5.74) is 6.71. The number of hydrogen-bond donors (Lipinski definition) is 1. The van der Waals surface area contributed by atoms with E-state index in [9.17, 15) is 0 Å². The Balaban J connectivity index is 1.43. The summed E-state index contributed by atoms with van der Waals surface area (Å²) >= 11 is 0. The molecule has 1 aliphatic rings. The first-order chi connectivity index (χ1) is 14.8. The molecule has 5 rings (SSSR count). The monoisotopic (exact) mass is 395 g/mol. The number of nitrogens with zero attached hydrogens (tertiary/aromatic N) is 2. The van der Waals surface area contributed by atoms with Gasteiger partial charge in [-0.25, -0.2) is 0 Å². The lowest BCUT2D eigenvalue weighted by molar-refractivity contribution is 0.151. The molecule has 0 aliphatic carbocycles. The summed E-state index contributed by atoms with van der Waals surface area (Å²) in [4.78, 5) is 10.6. The quantitative estimate of drug-likeness (QED) is 0.455. The second-order valence-corrected chi connectivity index (χ2v) is 8.56. The van der Waals surface area contributed by atoms with E-state index in [0.717, 1.165) is 19.0 Å². The highest BCUT2D eigenvalue weighted by molar-refractivity contribution is 5.85. The standard InChI is InChI=1S/C27H29N3/c1-20-26(24-9-5-6-10-25(24)29-20)27(23-11-15-28-16-12-23)30-17-13-22(14-18-30)19-21-7-3-2-4-8-21/h2-12,15-16,22,27,29H,13-14,17-19H2,1H3. The van der Waals surface area contributed by atoms with Crippen LogP contribution in [0.2, 0.25) is 0 Å². The van der Waals surface area contributed by atoms with Crippen molar-refractivity contribution in [3.05, 3.63) is 102 Å². The van der Waals surface area contributed by atoms with Gasteiger partial charge in [0, 0.05) is 34.6 Å². The van der Waals surface area contributed by atoms with Crippen LogP contribution >= 0.6 is 0 Å². The Hall–Kier alpha value is -2.91. The van der Waals surface area contributed by atoms with Crippen LogP contribution in [0.4, 0.5) is 0 Å². The highest BCUT2D eigenvalue weighted by Crippen LogP contribution is 2.38. The number of piperidine rings is 1. The Kier molecular flexibility index (Phi) is 5.37. The summed E-state index contributed by atoms with van der Waals surface area (Å²) in [7, 11) is 0. The molecule has 1 fully saturated rings. The molecule has 1 unspecified atom stereocenters.